The highest BCUT2D eigenvalue weighted by molar-refractivity contribution is 9.10. The van der Waals surface area contributed by atoms with Crippen LogP contribution in [0.5, 0.6) is 5.75 Å². The Kier molecular flexibility index (Phi) is 4.38. The third-order valence-electron chi connectivity index (χ3n) is 2.34. The van der Waals surface area contributed by atoms with Gasteiger partial charge in [-0.2, -0.15) is 0 Å². The van der Waals surface area contributed by atoms with E-state index in [0.717, 1.165) is 11.3 Å². The Morgan fingerprint density at radius 3 is 3.00 bits per heavy atom. The summed E-state index contributed by atoms with van der Waals surface area (Å²) in [5.41, 5.74) is 1.09. The van der Waals surface area contributed by atoms with Gasteiger partial charge in [0.15, 0.2) is 0 Å². The molecule has 18 heavy (non-hydrogen) atoms. The highest BCUT2D eigenvalue weighted by Gasteiger charge is 2.06. The molecule has 0 spiro atoms. The van der Waals surface area contributed by atoms with Gasteiger partial charge >= 0.3 is 0 Å². The summed E-state index contributed by atoms with van der Waals surface area (Å²) in [6, 6.07) is 7.81. The molecule has 1 heterocycles. The molecule has 0 fully saturated rings. The van der Waals surface area contributed by atoms with Crippen molar-refractivity contribution >= 4 is 33.3 Å². The van der Waals surface area contributed by atoms with Crippen molar-refractivity contribution in [3.05, 3.63) is 45.8 Å². The van der Waals surface area contributed by atoms with E-state index < -0.39 is 0 Å². The van der Waals surface area contributed by atoms with Crippen LogP contribution < -0.4 is 10.1 Å². The van der Waals surface area contributed by atoms with Crippen molar-refractivity contribution in [2.75, 3.05) is 12.4 Å². The van der Waals surface area contributed by atoms with Gasteiger partial charge in [-0.1, -0.05) is 23.7 Å². The minimum absolute atomic E-state index is 0.387. The lowest BCUT2D eigenvalue weighted by atomic mass is 10.2. The van der Waals surface area contributed by atoms with E-state index in [-0.39, 0.29) is 0 Å². The molecule has 0 amide bonds. The molecule has 4 nitrogen and oxygen atoms in total. The van der Waals surface area contributed by atoms with Crippen molar-refractivity contribution in [3.8, 4) is 5.75 Å². The molecule has 0 aliphatic rings. The summed E-state index contributed by atoms with van der Waals surface area (Å²) in [5, 5.41) is 3.57. The van der Waals surface area contributed by atoms with Crippen LogP contribution in [0.4, 0.5) is 5.82 Å². The van der Waals surface area contributed by atoms with Crippen LogP contribution in [0.25, 0.3) is 0 Å². The predicted octanol–water partition coefficient (Wildman–Crippen LogP) is 3.51. The number of hydrogen-bond acceptors (Lipinski definition) is 4. The van der Waals surface area contributed by atoms with E-state index in [1.807, 2.05) is 24.3 Å². The van der Waals surface area contributed by atoms with E-state index in [0.29, 0.717) is 22.0 Å². The number of benzene rings is 1. The number of nitrogens with one attached hydrogen (secondary N) is 1. The van der Waals surface area contributed by atoms with Gasteiger partial charge in [-0.3, -0.25) is 0 Å². The maximum atomic E-state index is 5.89. The normalized spacial score (nSPS) is 10.2. The lowest BCUT2D eigenvalue weighted by Crippen LogP contribution is -2.03. The molecule has 0 atom stereocenters. The molecule has 0 saturated heterocycles. The number of ether oxygens (including phenoxy) is 1. The fourth-order valence-electron chi connectivity index (χ4n) is 1.44. The molecule has 94 valence electrons. The molecule has 1 aromatic carbocycles. The topological polar surface area (TPSA) is 47.0 Å². The number of aromatic nitrogens is 2. The van der Waals surface area contributed by atoms with Gasteiger partial charge in [0.25, 0.3) is 0 Å². The second-order valence-electron chi connectivity index (χ2n) is 3.53. The van der Waals surface area contributed by atoms with E-state index in [1.54, 1.807) is 7.11 Å². The van der Waals surface area contributed by atoms with Crippen molar-refractivity contribution in [1.29, 1.82) is 0 Å². The van der Waals surface area contributed by atoms with Crippen molar-refractivity contribution in [2.45, 2.75) is 6.54 Å². The molecule has 6 heteroatoms. The third kappa shape index (κ3) is 3.11. The lowest BCUT2D eigenvalue weighted by molar-refractivity contribution is 0.414. The summed E-state index contributed by atoms with van der Waals surface area (Å²) in [7, 11) is 1.65. The fraction of sp³-hybridized carbons (Fsp3) is 0.167. The minimum Gasteiger partial charge on any atom is -0.497 e. The Morgan fingerprint density at radius 2 is 2.22 bits per heavy atom. The number of rotatable bonds is 4. The highest BCUT2D eigenvalue weighted by atomic mass is 79.9. The third-order valence-corrected chi connectivity index (χ3v) is 3.61. The smallest absolute Gasteiger partial charge is 0.148 e. The van der Waals surface area contributed by atoms with Crippen LogP contribution in [0.2, 0.25) is 5.15 Å². The van der Waals surface area contributed by atoms with Crippen LogP contribution in [0.3, 0.4) is 0 Å². The van der Waals surface area contributed by atoms with Crippen molar-refractivity contribution in [2.24, 2.45) is 0 Å². The van der Waals surface area contributed by atoms with Gasteiger partial charge in [0, 0.05) is 6.54 Å². The average molecular weight is 329 g/mol. The quantitative estimate of drug-likeness (QED) is 0.873. The zero-order valence-electron chi connectivity index (χ0n) is 9.65. The van der Waals surface area contributed by atoms with E-state index in [4.69, 9.17) is 16.3 Å². The Morgan fingerprint density at radius 1 is 1.39 bits per heavy atom. The number of anilines is 1. The van der Waals surface area contributed by atoms with Crippen molar-refractivity contribution < 1.29 is 4.74 Å². The van der Waals surface area contributed by atoms with Gasteiger partial charge in [-0.05, 0) is 33.6 Å². The van der Waals surface area contributed by atoms with Crippen LogP contribution in [0.15, 0.2) is 35.1 Å². The number of nitrogens with zero attached hydrogens (tertiary/aromatic N) is 2. The van der Waals surface area contributed by atoms with Crippen LogP contribution >= 0.6 is 27.5 Å². The van der Waals surface area contributed by atoms with Crippen LogP contribution in [-0.4, -0.2) is 17.1 Å². The molecule has 2 rings (SSSR count). The van der Waals surface area contributed by atoms with Gasteiger partial charge in [0.1, 0.15) is 23.0 Å². The summed E-state index contributed by atoms with van der Waals surface area (Å²) >= 11 is 9.22. The predicted molar refractivity (Wildman–Crippen MR) is 75.1 cm³/mol. The number of halogens is 2. The Bertz CT molecular complexity index is 551. The summed E-state index contributed by atoms with van der Waals surface area (Å²) in [6.07, 6.45) is 1.42. The van der Waals surface area contributed by atoms with E-state index >= 15 is 0 Å². The van der Waals surface area contributed by atoms with Gasteiger partial charge in [-0.15, -0.1) is 0 Å². The molecular formula is C12H11BrClN3O. The summed E-state index contributed by atoms with van der Waals surface area (Å²) in [4.78, 5) is 7.98. The molecular weight excluding hydrogens is 318 g/mol. The summed E-state index contributed by atoms with van der Waals surface area (Å²) in [6.45, 7) is 0.628. The fourth-order valence-corrected chi connectivity index (χ4v) is 1.92. The first kappa shape index (κ1) is 13.1. The van der Waals surface area contributed by atoms with Gasteiger partial charge in [-0.25, -0.2) is 9.97 Å². The SMILES string of the molecule is COc1cccc(CNc2ncnc(Cl)c2Br)c1. The standard InChI is InChI=1S/C12H11BrClN3O/c1-18-9-4-2-3-8(5-9)6-15-12-10(13)11(14)16-7-17-12/h2-5,7H,6H2,1H3,(H,15,16,17). The molecule has 0 radical (unpaired) electrons. The second-order valence-corrected chi connectivity index (χ2v) is 4.68. The Balaban J connectivity index is 2.09. The summed E-state index contributed by atoms with van der Waals surface area (Å²) < 4.78 is 5.83. The van der Waals surface area contributed by atoms with Crippen molar-refractivity contribution in [3.63, 3.8) is 0 Å². The van der Waals surface area contributed by atoms with E-state index in [2.05, 4.69) is 31.2 Å². The second kappa shape index (κ2) is 6.02. The van der Waals surface area contributed by atoms with Gasteiger partial charge in [0.2, 0.25) is 0 Å². The molecule has 0 unspecified atom stereocenters. The first-order chi connectivity index (χ1) is 8.70. The molecule has 1 N–H and O–H groups in total. The number of methoxy groups -OCH3 is 1. The van der Waals surface area contributed by atoms with E-state index in [9.17, 15) is 0 Å². The van der Waals surface area contributed by atoms with Crippen LogP contribution in [0.1, 0.15) is 5.56 Å². The van der Waals surface area contributed by atoms with E-state index in [1.165, 1.54) is 6.33 Å². The zero-order valence-corrected chi connectivity index (χ0v) is 12.0. The first-order valence-corrected chi connectivity index (χ1v) is 6.40. The van der Waals surface area contributed by atoms with Crippen molar-refractivity contribution in [1.82, 2.24) is 9.97 Å². The highest BCUT2D eigenvalue weighted by Crippen LogP contribution is 2.26. The van der Waals surface area contributed by atoms with Gasteiger partial charge in [0.05, 0.1) is 11.6 Å². The molecule has 0 aliphatic carbocycles. The zero-order chi connectivity index (χ0) is 13.0. The average Bonchev–Trinajstić information content (AvgIpc) is 2.41. The minimum atomic E-state index is 0.387. The summed E-state index contributed by atoms with van der Waals surface area (Å²) in [5.74, 6) is 1.49. The molecule has 2 aromatic rings. The molecule has 0 aliphatic heterocycles. The van der Waals surface area contributed by atoms with Crippen LogP contribution in [0, 0.1) is 0 Å². The Hall–Kier alpha value is -1.33. The molecule has 0 bridgehead atoms. The number of hydrogen-bond donors (Lipinski definition) is 1. The van der Waals surface area contributed by atoms with Crippen LogP contribution in [-0.2, 0) is 6.54 Å². The Labute approximate surface area is 118 Å². The van der Waals surface area contributed by atoms with Gasteiger partial charge < -0.3 is 10.1 Å². The largest absolute Gasteiger partial charge is 0.497 e. The maximum absolute atomic E-state index is 5.89. The molecule has 0 saturated carbocycles. The lowest BCUT2D eigenvalue weighted by Gasteiger charge is -2.08. The first-order valence-electron chi connectivity index (χ1n) is 5.23. The maximum Gasteiger partial charge on any atom is 0.148 e. The molecule has 1 aromatic heterocycles. The monoisotopic (exact) mass is 327 g/mol.